The fourth-order valence-corrected chi connectivity index (χ4v) is 2.99. The Morgan fingerprint density at radius 1 is 1.03 bits per heavy atom. The third kappa shape index (κ3) is 4.42. The molecule has 0 aliphatic heterocycles. The lowest BCUT2D eigenvalue weighted by molar-refractivity contribution is -0.136. The van der Waals surface area contributed by atoms with Crippen molar-refractivity contribution in [1.29, 1.82) is 0 Å². The Morgan fingerprint density at radius 3 is 2.21 bits per heavy atom. The largest absolute Gasteiger partial charge is 0.418 e. The minimum absolute atomic E-state index is 0.250. The molecule has 0 aliphatic carbocycles. The molecule has 1 aromatic heterocycles. The molecule has 0 fully saturated rings. The summed E-state index contributed by atoms with van der Waals surface area (Å²) in [6.07, 6.45) is -4.59. The average Bonchev–Trinajstić information content (AvgIpc) is 2.99. The summed E-state index contributed by atoms with van der Waals surface area (Å²) in [4.78, 5) is 14.1. The first-order chi connectivity index (χ1) is 13.6. The number of nitrogens with one attached hydrogen (secondary N) is 1. The highest BCUT2D eigenvalue weighted by molar-refractivity contribution is 6.04. The summed E-state index contributed by atoms with van der Waals surface area (Å²) in [5.74, 6) is -0.618. The molecule has 0 unspecified atom stereocenters. The zero-order valence-electron chi connectivity index (χ0n) is 16.5. The zero-order chi connectivity index (χ0) is 21.3. The van der Waals surface area contributed by atoms with Gasteiger partial charge < -0.3 is 10.2 Å². The van der Waals surface area contributed by atoms with Crippen molar-refractivity contribution >= 4 is 17.3 Å². The Balaban J connectivity index is 1.86. The van der Waals surface area contributed by atoms with Gasteiger partial charge in [0.15, 0.2) is 0 Å². The van der Waals surface area contributed by atoms with Gasteiger partial charge in [0.05, 0.1) is 22.6 Å². The molecular weight excluding hydrogens is 381 g/mol. The maximum Gasteiger partial charge on any atom is 0.418 e. The summed E-state index contributed by atoms with van der Waals surface area (Å²) in [5.41, 5.74) is 2.04. The molecule has 0 bridgehead atoms. The van der Waals surface area contributed by atoms with Crippen molar-refractivity contribution < 1.29 is 18.0 Å². The summed E-state index contributed by atoms with van der Waals surface area (Å²) in [6.45, 7) is 3.79. The topological polar surface area (TPSA) is 50.2 Å². The van der Waals surface area contributed by atoms with Gasteiger partial charge in [0, 0.05) is 31.0 Å². The number of nitrogens with zero attached hydrogens (tertiary/aromatic N) is 3. The summed E-state index contributed by atoms with van der Waals surface area (Å²) < 4.78 is 42.1. The predicted octanol–water partition coefficient (Wildman–Crippen LogP) is 4.83. The molecule has 0 saturated heterocycles. The van der Waals surface area contributed by atoms with E-state index in [9.17, 15) is 18.0 Å². The number of amides is 1. The Hall–Kier alpha value is -3.29. The van der Waals surface area contributed by atoms with Gasteiger partial charge in [-0.2, -0.15) is 18.3 Å². The molecule has 2 aromatic carbocycles. The van der Waals surface area contributed by atoms with E-state index in [1.165, 1.54) is 12.1 Å². The van der Waals surface area contributed by atoms with Crippen molar-refractivity contribution in [2.24, 2.45) is 0 Å². The van der Waals surface area contributed by atoms with E-state index in [1.807, 2.05) is 19.9 Å². The molecule has 8 heteroatoms. The van der Waals surface area contributed by atoms with Gasteiger partial charge in [-0.3, -0.25) is 4.79 Å². The monoisotopic (exact) mass is 402 g/mol. The van der Waals surface area contributed by atoms with Gasteiger partial charge in [-0.25, -0.2) is 4.68 Å². The van der Waals surface area contributed by atoms with E-state index in [0.29, 0.717) is 5.69 Å². The van der Waals surface area contributed by atoms with E-state index in [0.717, 1.165) is 23.1 Å². The fourth-order valence-electron chi connectivity index (χ4n) is 2.99. The third-order valence-electron chi connectivity index (χ3n) is 4.46. The number of rotatable bonds is 4. The van der Waals surface area contributed by atoms with Crippen molar-refractivity contribution in [2.75, 3.05) is 24.3 Å². The summed E-state index contributed by atoms with van der Waals surface area (Å²) >= 11 is 0. The van der Waals surface area contributed by atoms with Crippen LogP contribution < -0.4 is 10.2 Å². The van der Waals surface area contributed by atoms with E-state index < -0.39 is 17.6 Å². The van der Waals surface area contributed by atoms with E-state index in [2.05, 4.69) is 10.4 Å². The second kappa shape index (κ2) is 7.62. The van der Waals surface area contributed by atoms with Crippen LogP contribution in [0.2, 0.25) is 0 Å². The molecule has 5 nitrogen and oxygen atoms in total. The van der Waals surface area contributed by atoms with Crippen LogP contribution in [0, 0.1) is 13.8 Å². The first kappa shape index (κ1) is 20.4. The van der Waals surface area contributed by atoms with Gasteiger partial charge in [0.1, 0.15) is 0 Å². The van der Waals surface area contributed by atoms with Crippen LogP contribution in [0.4, 0.5) is 24.5 Å². The second-order valence-electron chi connectivity index (χ2n) is 6.96. The molecule has 0 saturated carbocycles. The lowest BCUT2D eigenvalue weighted by atomic mass is 10.1. The van der Waals surface area contributed by atoms with Crippen LogP contribution in [0.25, 0.3) is 5.69 Å². The highest BCUT2D eigenvalue weighted by Crippen LogP contribution is 2.37. The number of aryl methyl sites for hydroxylation is 2. The minimum Gasteiger partial charge on any atom is -0.378 e. The highest BCUT2D eigenvalue weighted by atomic mass is 19.4. The molecule has 0 spiro atoms. The Labute approximate surface area is 166 Å². The van der Waals surface area contributed by atoms with Gasteiger partial charge in [0.25, 0.3) is 5.91 Å². The minimum atomic E-state index is -4.59. The summed E-state index contributed by atoms with van der Waals surface area (Å²) in [5, 5.41) is 6.75. The SMILES string of the molecule is Cc1cc(C)n(-c2ccc(C(=O)Nc3ccc(N(C)C)cc3C(F)(F)F)cc2)n1. The lowest BCUT2D eigenvalue weighted by Crippen LogP contribution is -2.18. The predicted molar refractivity (Wildman–Crippen MR) is 107 cm³/mol. The average molecular weight is 402 g/mol. The van der Waals surface area contributed by atoms with E-state index >= 15 is 0 Å². The first-order valence-electron chi connectivity index (χ1n) is 8.90. The van der Waals surface area contributed by atoms with Crippen molar-refractivity contribution in [2.45, 2.75) is 20.0 Å². The fraction of sp³-hybridized carbons (Fsp3) is 0.238. The number of benzene rings is 2. The molecule has 1 heterocycles. The lowest BCUT2D eigenvalue weighted by Gasteiger charge is -2.18. The number of aromatic nitrogens is 2. The summed E-state index contributed by atoms with van der Waals surface area (Å²) in [7, 11) is 3.30. The van der Waals surface area contributed by atoms with Crippen molar-refractivity contribution in [3.8, 4) is 5.69 Å². The normalized spacial score (nSPS) is 11.4. The third-order valence-corrected chi connectivity index (χ3v) is 4.46. The molecule has 152 valence electrons. The van der Waals surface area contributed by atoms with Crippen LogP contribution in [0.3, 0.4) is 0 Å². The second-order valence-corrected chi connectivity index (χ2v) is 6.96. The van der Waals surface area contributed by atoms with Crippen LogP contribution in [0.15, 0.2) is 48.5 Å². The van der Waals surface area contributed by atoms with Gasteiger partial charge in [-0.05, 0) is 62.4 Å². The van der Waals surface area contributed by atoms with E-state index in [1.54, 1.807) is 47.9 Å². The van der Waals surface area contributed by atoms with E-state index in [-0.39, 0.29) is 11.3 Å². The smallest absolute Gasteiger partial charge is 0.378 e. The number of halogens is 3. The molecule has 3 aromatic rings. The summed E-state index contributed by atoms with van der Waals surface area (Å²) in [6, 6.07) is 12.3. The van der Waals surface area contributed by atoms with Gasteiger partial charge in [-0.15, -0.1) is 0 Å². The maximum absolute atomic E-state index is 13.4. The molecule has 1 N–H and O–H groups in total. The standard InChI is InChI=1S/C21H21F3N4O/c1-13-11-14(2)28(26-13)16-7-5-15(6-8-16)20(29)25-19-10-9-17(27(3)4)12-18(19)21(22,23)24/h5-12H,1-4H3,(H,25,29). The van der Waals surface area contributed by atoms with Gasteiger partial charge in [0.2, 0.25) is 0 Å². The number of carbonyl (C=O) groups is 1. The van der Waals surface area contributed by atoms with Crippen molar-refractivity contribution in [3.63, 3.8) is 0 Å². The zero-order valence-corrected chi connectivity index (χ0v) is 16.5. The van der Waals surface area contributed by atoms with Crippen LogP contribution >= 0.6 is 0 Å². The molecule has 0 aliphatic rings. The Bertz CT molecular complexity index is 1040. The van der Waals surface area contributed by atoms with Gasteiger partial charge >= 0.3 is 6.18 Å². The van der Waals surface area contributed by atoms with Crippen LogP contribution in [-0.2, 0) is 6.18 Å². The van der Waals surface area contributed by atoms with Gasteiger partial charge in [-0.1, -0.05) is 0 Å². The molecule has 0 radical (unpaired) electrons. The number of hydrogen-bond acceptors (Lipinski definition) is 3. The quantitative estimate of drug-likeness (QED) is 0.680. The molecule has 3 rings (SSSR count). The number of anilines is 2. The molecular formula is C21H21F3N4O. The molecule has 0 atom stereocenters. The van der Waals surface area contributed by atoms with Crippen molar-refractivity contribution in [1.82, 2.24) is 9.78 Å². The molecule has 29 heavy (non-hydrogen) atoms. The Kier molecular flexibility index (Phi) is 5.37. The number of alkyl halides is 3. The van der Waals surface area contributed by atoms with Crippen LogP contribution in [0.1, 0.15) is 27.3 Å². The molecule has 1 amide bonds. The Morgan fingerprint density at radius 2 is 1.69 bits per heavy atom. The first-order valence-corrected chi connectivity index (χ1v) is 8.90. The highest BCUT2D eigenvalue weighted by Gasteiger charge is 2.34. The van der Waals surface area contributed by atoms with Crippen LogP contribution in [0.5, 0.6) is 0 Å². The van der Waals surface area contributed by atoms with E-state index in [4.69, 9.17) is 0 Å². The number of carbonyl (C=O) groups excluding carboxylic acids is 1. The number of hydrogen-bond donors (Lipinski definition) is 1. The van der Waals surface area contributed by atoms with Crippen LogP contribution in [-0.4, -0.2) is 29.8 Å². The van der Waals surface area contributed by atoms with Crippen molar-refractivity contribution in [3.05, 3.63) is 71.0 Å². The maximum atomic E-state index is 13.4.